The Bertz CT molecular complexity index is 189. The average molecular weight is 212 g/mol. The zero-order chi connectivity index (χ0) is 11.5. The number of likely N-dealkylation sites (tertiary alicyclic amines) is 1. The van der Waals surface area contributed by atoms with E-state index in [0.29, 0.717) is 11.5 Å². The van der Waals surface area contributed by atoms with E-state index in [-0.39, 0.29) is 0 Å². The number of nitrogens with two attached hydrogens (primary N) is 1. The summed E-state index contributed by atoms with van der Waals surface area (Å²) in [6.45, 7) is 12.6. The Morgan fingerprint density at radius 1 is 1.40 bits per heavy atom. The minimum absolute atomic E-state index is 0.485. The molecule has 2 unspecified atom stereocenters. The molecule has 0 aliphatic carbocycles. The molecule has 1 rings (SSSR count). The number of rotatable bonds is 4. The molecule has 1 saturated heterocycles. The van der Waals surface area contributed by atoms with Gasteiger partial charge in [0, 0.05) is 19.1 Å². The molecule has 0 bridgehead atoms. The van der Waals surface area contributed by atoms with Crippen LogP contribution in [0.4, 0.5) is 0 Å². The van der Waals surface area contributed by atoms with Gasteiger partial charge < -0.3 is 5.73 Å². The summed E-state index contributed by atoms with van der Waals surface area (Å²) >= 11 is 0. The van der Waals surface area contributed by atoms with E-state index in [1.54, 1.807) is 0 Å². The molecule has 2 nitrogen and oxygen atoms in total. The van der Waals surface area contributed by atoms with E-state index in [1.165, 1.54) is 32.4 Å². The van der Waals surface area contributed by atoms with Crippen LogP contribution in [-0.4, -0.2) is 30.6 Å². The molecule has 0 saturated carbocycles. The van der Waals surface area contributed by atoms with Crippen molar-refractivity contribution in [1.82, 2.24) is 4.90 Å². The first-order valence-corrected chi connectivity index (χ1v) is 6.44. The molecule has 0 radical (unpaired) electrons. The molecular weight excluding hydrogens is 184 g/mol. The van der Waals surface area contributed by atoms with Crippen molar-refractivity contribution in [3.8, 4) is 0 Å². The molecule has 0 aromatic heterocycles. The molecule has 90 valence electrons. The maximum Gasteiger partial charge on any atom is 0.0244 e. The van der Waals surface area contributed by atoms with Crippen molar-refractivity contribution in [3.63, 3.8) is 0 Å². The van der Waals surface area contributed by atoms with Gasteiger partial charge in [-0.05, 0) is 30.7 Å². The quantitative estimate of drug-likeness (QED) is 0.776. The number of hydrogen-bond acceptors (Lipinski definition) is 2. The monoisotopic (exact) mass is 212 g/mol. The fourth-order valence-electron chi connectivity index (χ4n) is 2.77. The van der Waals surface area contributed by atoms with Crippen LogP contribution in [0.1, 0.15) is 47.0 Å². The van der Waals surface area contributed by atoms with Crippen LogP contribution in [0.25, 0.3) is 0 Å². The molecule has 0 amide bonds. The van der Waals surface area contributed by atoms with Crippen molar-refractivity contribution < 1.29 is 0 Å². The standard InChI is InChI=1S/C13H28N2/c1-5-11(2)12(9-14)15-8-6-7-13(3,4)10-15/h11-12H,5-10,14H2,1-4H3. The predicted molar refractivity (Wildman–Crippen MR) is 66.9 cm³/mol. The Labute approximate surface area is 95.2 Å². The highest BCUT2D eigenvalue weighted by Crippen LogP contribution is 2.30. The van der Waals surface area contributed by atoms with Gasteiger partial charge in [-0.3, -0.25) is 4.90 Å². The van der Waals surface area contributed by atoms with E-state index in [4.69, 9.17) is 5.73 Å². The summed E-state index contributed by atoms with van der Waals surface area (Å²) in [7, 11) is 0. The molecule has 0 spiro atoms. The van der Waals surface area contributed by atoms with Crippen molar-refractivity contribution in [2.24, 2.45) is 17.1 Å². The molecular formula is C13H28N2. The maximum atomic E-state index is 5.93. The van der Waals surface area contributed by atoms with Crippen LogP contribution in [0.3, 0.4) is 0 Å². The summed E-state index contributed by atoms with van der Waals surface area (Å²) in [4.78, 5) is 2.62. The number of hydrogen-bond donors (Lipinski definition) is 1. The summed E-state index contributed by atoms with van der Waals surface area (Å²) in [6, 6.07) is 0.592. The SMILES string of the molecule is CCC(C)C(CN)N1CCCC(C)(C)C1. The third-order valence-corrected chi connectivity index (χ3v) is 3.94. The molecule has 1 aliphatic rings. The zero-order valence-corrected chi connectivity index (χ0v) is 10.9. The maximum absolute atomic E-state index is 5.93. The Kier molecular flexibility index (Phi) is 4.60. The summed E-state index contributed by atoms with van der Waals surface area (Å²) in [5.41, 5.74) is 6.41. The lowest BCUT2D eigenvalue weighted by Gasteiger charge is -2.43. The molecule has 15 heavy (non-hydrogen) atoms. The lowest BCUT2D eigenvalue weighted by Crippen LogP contribution is -2.51. The van der Waals surface area contributed by atoms with E-state index >= 15 is 0 Å². The Morgan fingerprint density at radius 2 is 2.07 bits per heavy atom. The minimum atomic E-state index is 0.485. The van der Waals surface area contributed by atoms with Crippen molar-refractivity contribution in [2.75, 3.05) is 19.6 Å². The lowest BCUT2D eigenvalue weighted by atomic mass is 9.82. The highest BCUT2D eigenvalue weighted by atomic mass is 15.2. The van der Waals surface area contributed by atoms with E-state index in [2.05, 4.69) is 32.6 Å². The van der Waals surface area contributed by atoms with Gasteiger partial charge in [-0.2, -0.15) is 0 Å². The fraction of sp³-hybridized carbons (Fsp3) is 1.00. The Balaban J connectivity index is 2.60. The molecule has 1 aliphatic heterocycles. The third-order valence-electron chi connectivity index (χ3n) is 3.94. The van der Waals surface area contributed by atoms with Crippen LogP contribution in [0.5, 0.6) is 0 Å². The molecule has 2 heteroatoms. The second kappa shape index (κ2) is 5.31. The molecule has 2 atom stereocenters. The van der Waals surface area contributed by atoms with E-state index in [1.807, 2.05) is 0 Å². The Morgan fingerprint density at radius 3 is 2.53 bits per heavy atom. The van der Waals surface area contributed by atoms with Gasteiger partial charge in [0.2, 0.25) is 0 Å². The van der Waals surface area contributed by atoms with Gasteiger partial charge in [0.05, 0.1) is 0 Å². The van der Waals surface area contributed by atoms with Gasteiger partial charge in [-0.25, -0.2) is 0 Å². The average Bonchev–Trinajstić information content (AvgIpc) is 2.17. The first-order chi connectivity index (χ1) is 7.00. The van der Waals surface area contributed by atoms with Crippen molar-refractivity contribution in [2.45, 2.75) is 53.0 Å². The Hall–Kier alpha value is -0.0800. The van der Waals surface area contributed by atoms with Gasteiger partial charge in [-0.15, -0.1) is 0 Å². The molecule has 0 aromatic carbocycles. The lowest BCUT2D eigenvalue weighted by molar-refractivity contribution is 0.0578. The van der Waals surface area contributed by atoms with Crippen LogP contribution >= 0.6 is 0 Å². The third kappa shape index (κ3) is 3.46. The molecule has 1 heterocycles. The summed E-state index contributed by atoms with van der Waals surface area (Å²) in [5, 5.41) is 0. The number of piperidine rings is 1. The highest BCUT2D eigenvalue weighted by molar-refractivity contribution is 4.86. The zero-order valence-electron chi connectivity index (χ0n) is 10.9. The van der Waals surface area contributed by atoms with Crippen LogP contribution < -0.4 is 5.73 Å². The molecule has 2 N–H and O–H groups in total. The topological polar surface area (TPSA) is 29.3 Å². The van der Waals surface area contributed by atoms with Crippen LogP contribution in [0, 0.1) is 11.3 Å². The van der Waals surface area contributed by atoms with Crippen LogP contribution in [0.2, 0.25) is 0 Å². The van der Waals surface area contributed by atoms with Gasteiger partial charge in [0.1, 0.15) is 0 Å². The largest absolute Gasteiger partial charge is 0.329 e. The number of nitrogens with zero attached hydrogens (tertiary/aromatic N) is 1. The summed E-state index contributed by atoms with van der Waals surface area (Å²) < 4.78 is 0. The van der Waals surface area contributed by atoms with Gasteiger partial charge in [-0.1, -0.05) is 34.1 Å². The van der Waals surface area contributed by atoms with Gasteiger partial charge in [0.25, 0.3) is 0 Å². The normalized spacial score (nSPS) is 26.2. The van der Waals surface area contributed by atoms with Gasteiger partial charge in [0.15, 0.2) is 0 Å². The molecule has 0 aromatic rings. The first kappa shape index (κ1) is 13.0. The highest BCUT2D eigenvalue weighted by Gasteiger charge is 2.31. The summed E-state index contributed by atoms with van der Waals surface area (Å²) in [5.74, 6) is 0.726. The second-order valence-electron chi connectivity index (χ2n) is 5.93. The van der Waals surface area contributed by atoms with Crippen molar-refractivity contribution in [1.29, 1.82) is 0 Å². The smallest absolute Gasteiger partial charge is 0.0244 e. The molecule has 1 fully saturated rings. The second-order valence-corrected chi connectivity index (χ2v) is 5.93. The first-order valence-electron chi connectivity index (χ1n) is 6.44. The summed E-state index contributed by atoms with van der Waals surface area (Å²) in [6.07, 6.45) is 3.93. The van der Waals surface area contributed by atoms with Crippen LogP contribution in [0.15, 0.2) is 0 Å². The van der Waals surface area contributed by atoms with E-state index < -0.39 is 0 Å². The van der Waals surface area contributed by atoms with E-state index in [0.717, 1.165) is 12.5 Å². The van der Waals surface area contributed by atoms with E-state index in [9.17, 15) is 0 Å². The minimum Gasteiger partial charge on any atom is -0.329 e. The fourth-order valence-corrected chi connectivity index (χ4v) is 2.77. The van der Waals surface area contributed by atoms with Gasteiger partial charge >= 0.3 is 0 Å². The van der Waals surface area contributed by atoms with Crippen LogP contribution in [-0.2, 0) is 0 Å². The van der Waals surface area contributed by atoms with Crippen molar-refractivity contribution >= 4 is 0 Å². The van der Waals surface area contributed by atoms with Crippen molar-refractivity contribution in [3.05, 3.63) is 0 Å². The predicted octanol–water partition coefficient (Wildman–Crippen LogP) is 2.48.